The van der Waals surface area contributed by atoms with E-state index in [2.05, 4.69) is 15.3 Å². The minimum absolute atomic E-state index is 0.0648. The molecule has 1 fully saturated rings. The highest BCUT2D eigenvalue weighted by atomic mass is 32.1. The summed E-state index contributed by atoms with van der Waals surface area (Å²) in [5.74, 6) is -0.519. The van der Waals surface area contributed by atoms with Gasteiger partial charge in [-0.2, -0.15) is 0 Å². The molecule has 3 heterocycles. The van der Waals surface area contributed by atoms with Gasteiger partial charge in [0, 0.05) is 29.9 Å². The first-order chi connectivity index (χ1) is 13.5. The van der Waals surface area contributed by atoms with Gasteiger partial charge in [0.05, 0.1) is 5.69 Å². The molecular formula is C20H20N4O3S. The van der Waals surface area contributed by atoms with Crippen LogP contribution in [0.3, 0.4) is 0 Å². The van der Waals surface area contributed by atoms with Gasteiger partial charge < -0.3 is 15.2 Å². The van der Waals surface area contributed by atoms with Crippen molar-refractivity contribution in [1.29, 1.82) is 0 Å². The van der Waals surface area contributed by atoms with Gasteiger partial charge in [0.25, 0.3) is 11.5 Å². The molecule has 0 radical (unpaired) electrons. The molecule has 0 saturated carbocycles. The minimum atomic E-state index is -0.386. The average molecular weight is 396 g/mol. The summed E-state index contributed by atoms with van der Waals surface area (Å²) in [4.78, 5) is 46.2. The highest BCUT2D eigenvalue weighted by molar-refractivity contribution is 7.13. The Kier molecular flexibility index (Phi) is 4.95. The molecule has 1 aliphatic rings. The molecule has 4 rings (SSSR count). The van der Waals surface area contributed by atoms with Gasteiger partial charge in [-0.15, -0.1) is 11.3 Å². The largest absolute Gasteiger partial charge is 0.338 e. The van der Waals surface area contributed by atoms with Gasteiger partial charge in [-0.1, -0.05) is 18.2 Å². The number of piperidine rings is 1. The zero-order valence-corrected chi connectivity index (χ0v) is 16.2. The number of aromatic nitrogens is 2. The average Bonchev–Trinajstić information content (AvgIpc) is 3.11. The molecule has 2 N–H and O–H groups in total. The van der Waals surface area contributed by atoms with Crippen molar-refractivity contribution in [3.8, 4) is 0 Å². The lowest BCUT2D eigenvalue weighted by Crippen LogP contribution is -2.43. The molecule has 1 aliphatic heterocycles. The smallest absolute Gasteiger partial charge is 0.261 e. The van der Waals surface area contributed by atoms with Crippen molar-refractivity contribution >= 4 is 39.2 Å². The van der Waals surface area contributed by atoms with Crippen LogP contribution in [-0.4, -0.2) is 39.8 Å². The van der Waals surface area contributed by atoms with Crippen LogP contribution in [0.15, 0.2) is 40.5 Å². The number of nitrogens with zero attached hydrogens (tertiary/aromatic N) is 2. The predicted molar refractivity (Wildman–Crippen MR) is 109 cm³/mol. The van der Waals surface area contributed by atoms with E-state index in [1.165, 1.54) is 11.3 Å². The molecule has 28 heavy (non-hydrogen) atoms. The van der Waals surface area contributed by atoms with E-state index in [4.69, 9.17) is 0 Å². The first-order valence-electron chi connectivity index (χ1n) is 9.15. The molecule has 1 aromatic carbocycles. The van der Waals surface area contributed by atoms with Crippen LogP contribution < -0.4 is 10.9 Å². The van der Waals surface area contributed by atoms with Gasteiger partial charge in [0.15, 0.2) is 5.13 Å². The van der Waals surface area contributed by atoms with Crippen LogP contribution in [0, 0.1) is 12.8 Å². The second-order valence-electron chi connectivity index (χ2n) is 6.95. The van der Waals surface area contributed by atoms with E-state index >= 15 is 0 Å². The normalized spacial score (nSPS) is 15.0. The Morgan fingerprint density at radius 3 is 2.71 bits per heavy atom. The molecule has 0 spiro atoms. The van der Waals surface area contributed by atoms with Crippen molar-refractivity contribution in [2.24, 2.45) is 5.92 Å². The van der Waals surface area contributed by atoms with E-state index in [0.29, 0.717) is 36.6 Å². The lowest BCUT2D eigenvalue weighted by Gasteiger charge is -2.31. The van der Waals surface area contributed by atoms with Gasteiger partial charge in [0.1, 0.15) is 5.56 Å². The predicted octanol–water partition coefficient (Wildman–Crippen LogP) is 2.78. The molecule has 2 amide bonds. The minimum Gasteiger partial charge on any atom is -0.338 e. The number of benzene rings is 1. The van der Waals surface area contributed by atoms with Crippen molar-refractivity contribution in [2.75, 3.05) is 18.4 Å². The summed E-state index contributed by atoms with van der Waals surface area (Å²) in [6.07, 6.45) is 1.13. The monoisotopic (exact) mass is 396 g/mol. The third-order valence-electron chi connectivity index (χ3n) is 4.99. The summed E-state index contributed by atoms with van der Waals surface area (Å²) < 4.78 is 0. The summed E-state index contributed by atoms with van der Waals surface area (Å²) in [6.45, 7) is 2.77. The number of carbonyl (C=O) groups excluding carboxylic acids is 2. The third-order valence-corrected chi connectivity index (χ3v) is 5.86. The number of carbonyl (C=O) groups is 2. The van der Waals surface area contributed by atoms with Crippen LogP contribution in [0.25, 0.3) is 10.9 Å². The maximum Gasteiger partial charge on any atom is 0.261 e. The highest BCUT2D eigenvalue weighted by Crippen LogP contribution is 2.22. The Labute approximate surface area is 165 Å². The van der Waals surface area contributed by atoms with Crippen molar-refractivity contribution < 1.29 is 9.59 Å². The zero-order valence-electron chi connectivity index (χ0n) is 15.4. The first kappa shape index (κ1) is 18.4. The van der Waals surface area contributed by atoms with Crippen molar-refractivity contribution in [2.45, 2.75) is 19.8 Å². The van der Waals surface area contributed by atoms with E-state index < -0.39 is 0 Å². The second-order valence-corrected chi connectivity index (χ2v) is 7.81. The van der Waals surface area contributed by atoms with E-state index in [1.54, 1.807) is 17.0 Å². The Morgan fingerprint density at radius 2 is 2.00 bits per heavy atom. The first-order valence-corrected chi connectivity index (χ1v) is 10.0. The number of thiazole rings is 1. The summed E-state index contributed by atoms with van der Waals surface area (Å²) in [7, 11) is 0. The van der Waals surface area contributed by atoms with Crippen LogP contribution in [0.1, 0.15) is 28.9 Å². The Bertz CT molecular complexity index is 1100. The molecule has 0 bridgehead atoms. The zero-order chi connectivity index (χ0) is 19.7. The number of amides is 2. The second kappa shape index (κ2) is 7.55. The Balaban J connectivity index is 1.42. The molecule has 0 atom stereocenters. The third kappa shape index (κ3) is 3.68. The highest BCUT2D eigenvalue weighted by Gasteiger charge is 2.29. The van der Waals surface area contributed by atoms with Crippen molar-refractivity contribution in [3.05, 3.63) is 57.3 Å². The number of para-hydroxylation sites is 1. The number of rotatable bonds is 3. The quantitative estimate of drug-likeness (QED) is 0.712. The molecule has 7 nitrogen and oxygen atoms in total. The maximum atomic E-state index is 12.8. The molecular weight excluding hydrogens is 376 g/mol. The lowest BCUT2D eigenvalue weighted by atomic mass is 9.95. The van der Waals surface area contributed by atoms with Crippen molar-refractivity contribution in [3.63, 3.8) is 0 Å². The fraction of sp³-hybridized carbons (Fsp3) is 0.300. The summed E-state index contributed by atoms with van der Waals surface area (Å²) >= 11 is 1.40. The van der Waals surface area contributed by atoms with Gasteiger partial charge in [-0.3, -0.25) is 14.4 Å². The fourth-order valence-electron chi connectivity index (χ4n) is 3.44. The Hall–Kier alpha value is -3.00. The number of aromatic amines is 1. The number of nitrogens with one attached hydrogen (secondary N) is 2. The van der Waals surface area contributed by atoms with E-state index in [-0.39, 0.29) is 28.9 Å². The number of H-pyrrole nitrogens is 1. The van der Waals surface area contributed by atoms with Gasteiger partial charge in [-0.05, 0) is 37.3 Å². The number of fused-ring (bicyclic) bond motifs is 1. The Morgan fingerprint density at radius 1 is 1.25 bits per heavy atom. The standard InChI is InChI=1S/C20H20N4O3S/c1-12-11-28-20(21-12)23-17(25)13-6-8-24(9-7-13)19(27)15-10-14-4-2-3-5-16(14)22-18(15)26/h2-5,10-11,13H,6-9H2,1H3,(H,22,26)(H,21,23,25). The summed E-state index contributed by atoms with van der Waals surface area (Å²) in [5.41, 5.74) is 1.33. The molecule has 3 aromatic rings. The lowest BCUT2D eigenvalue weighted by molar-refractivity contribution is -0.121. The van der Waals surface area contributed by atoms with E-state index in [0.717, 1.165) is 11.1 Å². The maximum absolute atomic E-state index is 12.8. The van der Waals surface area contributed by atoms with Crippen LogP contribution in [0.2, 0.25) is 0 Å². The summed E-state index contributed by atoms with van der Waals surface area (Å²) in [6, 6.07) is 9.00. The van der Waals surface area contributed by atoms with Gasteiger partial charge >= 0.3 is 0 Å². The van der Waals surface area contributed by atoms with E-state index in [9.17, 15) is 14.4 Å². The topological polar surface area (TPSA) is 95.2 Å². The van der Waals surface area contributed by atoms with Crippen LogP contribution in [0.4, 0.5) is 5.13 Å². The number of hydrogen-bond acceptors (Lipinski definition) is 5. The number of pyridine rings is 1. The SMILES string of the molecule is Cc1csc(NC(=O)C2CCN(C(=O)c3cc4ccccc4[nH]c3=O)CC2)n1. The summed E-state index contributed by atoms with van der Waals surface area (Å²) in [5, 5.41) is 6.15. The molecule has 0 aliphatic carbocycles. The van der Waals surface area contributed by atoms with Crippen LogP contribution in [0.5, 0.6) is 0 Å². The van der Waals surface area contributed by atoms with Gasteiger partial charge in [-0.25, -0.2) is 4.98 Å². The fourth-order valence-corrected chi connectivity index (χ4v) is 4.13. The molecule has 0 unspecified atom stereocenters. The number of anilines is 1. The van der Waals surface area contributed by atoms with Crippen LogP contribution >= 0.6 is 11.3 Å². The molecule has 2 aromatic heterocycles. The van der Waals surface area contributed by atoms with Crippen LogP contribution in [-0.2, 0) is 4.79 Å². The number of aryl methyl sites for hydroxylation is 1. The molecule has 8 heteroatoms. The van der Waals surface area contributed by atoms with Gasteiger partial charge in [0.2, 0.25) is 5.91 Å². The number of hydrogen-bond donors (Lipinski definition) is 2. The molecule has 1 saturated heterocycles. The molecule has 144 valence electrons. The number of likely N-dealkylation sites (tertiary alicyclic amines) is 1. The van der Waals surface area contributed by atoms with E-state index in [1.807, 2.05) is 30.5 Å². The van der Waals surface area contributed by atoms with Crippen molar-refractivity contribution in [1.82, 2.24) is 14.9 Å².